The fraction of sp³-hybridized carbons (Fsp3) is 0.310. The molecule has 1 aromatic heterocycles. The van der Waals surface area contributed by atoms with E-state index in [-0.39, 0.29) is 5.78 Å². The van der Waals surface area contributed by atoms with E-state index in [1.54, 1.807) is 6.92 Å². The maximum Gasteiger partial charge on any atom is 0.159 e. The number of anilines is 1. The van der Waals surface area contributed by atoms with E-state index in [9.17, 15) is 4.79 Å². The third kappa shape index (κ3) is 5.00. The van der Waals surface area contributed by atoms with E-state index in [4.69, 9.17) is 0 Å². The maximum atomic E-state index is 11.5. The Morgan fingerprint density at radius 1 is 0.939 bits per heavy atom. The van der Waals surface area contributed by atoms with Crippen LogP contribution < -0.4 is 5.01 Å². The van der Waals surface area contributed by atoms with Crippen molar-refractivity contribution in [3.8, 4) is 5.69 Å². The van der Waals surface area contributed by atoms with Gasteiger partial charge >= 0.3 is 0 Å². The zero-order valence-corrected chi connectivity index (χ0v) is 20.8. The molecular weight excluding hydrogens is 406 g/mol. The molecule has 2 heterocycles. The van der Waals surface area contributed by atoms with Gasteiger partial charge in [0.1, 0.15) is 0 Å². The van der Waals surface area contributed by atoms with E-state index in [1.807, 2.05) is 35.5 Å². The van der Waals surface area contributed by atoms with Gasteiger partial charge in [-0.15, -0.1) is 0 Å². The average Bonchev–Trinajstić information content (AvgIpc) is 3.05. The largest absolute Gasteiger partial charge is 0.317 e. The fourth-order valence-electron chi connectivity index (χ4n) is 4.24. The van der Waals surface area contributed by atoms with Crippen molar-refractivity contribution in [2.24, 2.45) is 5.10 Å². The summed E-state index contributed by atoms with van der Waals surface area (Å²) in [7, 11) is 0. The number of Topliss-reactive ketones (excluding diaryl/α,β-unsaturated/α-hetero) is 1. The van der Waals surface area contributed by atoms with E-state index < -0.39 is 0 Å². The number of carbonyl (C=O) groups excluding carboxylic acids is 1. The van der Waals surface area contributed by atoms with Crippen LogP contribution in [0.2, 0.25) is 0 Å². The molecule has 4 rings (SSSR count). The second-order valence-electron chi connectivity index (χ2n) is 8.59. The summed E-state index contributed by atoms with van der Waals surface area (Å²) in [6.07, 6.45) is 5.98. The van der Waals surface area contributed by atoms with Gasteiger partial charge in [-0.3, -0.25) is 4.79 Å². The molecule has 0 bridgehead atoms. The van der Waals surface area contributed by atoms with Crippen molar-refractivity contribution in [1.82, 2.24) is 4.57 Å². The van der Waals surface area contributed by atoms with Crippen LogP contribution in [0.25, 0.3) is 11.4 Å². The van der Waals surface area contributed by atoms with Crippen molar-refractivity contribution >= 4 is 23.4 Å². The highest BCUT2D eigenvalue weighted by Gasteiger charge is 2.26. The fourth-order valence-corrected chi connectivity index (χ4v) is 4.24. The number of ketones is 1. The summed E-state index contributed by atoms with van der Waals surface area (Å²) in [5.74, 6) is 0.0523. The average molecular weight is 442 g/mol. The third-order valence-corrected chi connectivity index (χ3v) is 6.02. The van der Waals surface area contributed by atoms with Gasteiger partial charge in [-0.2, -0.15) is 5.10 Å². The molecule has 0 radical (unpaired) electrons. The minimum atomic E-state index is 0.0523. The lowest BCUT2D eigenvalue weighted by atomic mass is 10.0. The number of hydrazone groups is 1. The summed E-state index contributed by atoms with van der Waals surface area (Å²) < 4.78 is 2.26. The zero-order valence-electron chi connectivity index (χ0n) is 20.8. The number of nitrogens with zero attached hydrogens (tertiary/aromatic N) is 3. The molecule has 1 aliphatic heterocycles. The molecule has 172 valence electrons. The highest BCUT2D eigenvalue weighted by Crippen LogP contribution is 2.36. The van der Waals surface area contributed by atoms with Crippen LogP contribution in [-0.2, 0) is 0 Å². The van der Waals surface area contributed by atoms with Gasteiger partial charge in [0.25, 0.3) is 0 Å². The van der Waals surface area contributed by atoms with Crippen LogP contribution in [0.1, 0.15) is 78.5 Å². The Morgan fingerprint density at radius 2 is 1.61 bits per heavy atom. The molecule has 1 aliphatic rings. The van der Waals surface area contributed by atoms with Crippen LogP contribution >= 0.6 is 0 Å². The first-order chi connectivity index (χ1) is 15.8. The van der Waals surface area contributed by atoms with Crippen LogP contribution in [0, 0.1) is 20.8 Å². The van der Waals surface area contributed by atoms with E-state index in [0.717, 1.165) is 39.6 Å². The van der Waals surface area contributed by atoms with Gasteiger partial charge in [0.2, 0.25) is 0 Å². The smallest absolute Gasteiger partial charge is 0.159 e. The lowest BCUT2D eigenvalue weighted by molar-refractivity contribution is 0.101. The highest BCUT2D eigenvalue weighted by molar-refractivity contribution is 5.99. The van der Waals surface area contributed by atoms with E-state index in [1.165, 1.54) is 24.8 Å². The summed E-state index contributed by atoms with van der Waals surface area (Å²) in [6, 6.07) is 15.9. The molecule has 2 aromatic carbocycles. The molecule has 4 heteroatoms. The molecule has 3 aromatic rings. The van der Waals surface area contributed by atoms with Gasteiger partial charge in [0, 0.05) is 33.8 Å². The summed E-state index contributed by atoms with van der Waals surface area (Å²) in [5, 5.41) is 6.47. The molecule has 0 saturated heterocycles. The zero-order chi connectivity index (χ0) is 24.1. The molecule has 0 aliphatic carbocycles. The first-order valence-electron chi connectivity index (χ1n) is 11.7. The Labute approximate surface area is 198 Å². The molecule has 0 unspecified atom stereocenters. The van der Waals surface area contributed by atoms with Crippen molar-refractivity contribution in [2.45, 2.75) is 60.8 Å². The van der Waals surface area contributed by atoms with Crippen LogP contribution in [0.4, 0.5) is 5.69 Å². The number of benzene rings is 2. The molecule has 33 heavy (non-hydrogen) atoms. The molecule has 4 nitrogen and oxygen atoms in total. The van der Waals surface area contributed by atoms with Gasteiger partial charge in [-0.25, -0.2) is 5.01 Å². The minimum absolute atomic E-state index is 0.0523. The Kier molecular flexibility index (Phi) is 7.70. The van der Waals surface area contributed by atoms with Crippen LogP contribution in [0.5, 0.6) is 0 Å². The number of rotatable bonds is 5. The van der Waals surface area contributed by atoms with Gasteiger partial charge in [0.15, 0.2) is 5.78 Å². The first-order valence-corrected chi connectivity index (χ1v) is 11.7. The van der Waals surface area contributed by atoms with Gasteiger partial charge in [-0.05, 0) is 69.7 Å². The highest BCUT2D eigenvalue weighted by atomic mass is 16.1. The van der Waals surface area contributed by atoms with E-state index in [0.29, 0.717) is 5.56 Å². The van der Waals surface area contributed by atoms with Crippen LogP contribution in [0.3, 0.4) is 0 Å². The molecule has 0 atom stereocenters. The third-order valence-electron chi connectivity index (χ3n) is 6.02. The lowest BCUT2D eigenvalue weighted by Gasteiger charge is -2.25. The summed E-state index contributed by atoms with van der Waals surface area (Å²) in [4.78, 5) is 11.5. The number of fused-ring (bicyclic) bond motifs is 1. The molecule has 0 saturated carbocycles. The summed E-state index contributed by atoms with van der Waals surface area (Å²) >= 11 is 0. The second-order valence-corrected chi connectivity index (χ2v) is 8.59. The standard InChI is InChI=1S/C24H23N3O.C5H12/c1-15-7-6-8-22(13-15)26-16(2)23-14-25-27(18(4)24(23)17(26)3)21-11-9-20(10-12-21)19(5)28;1-3-5-4-2/h6-14H,4H2,1-3,5H3;3-5H2,1-2H3. The van der Waals surface area contributed by atoms with E-state index in [2.05, 4.69) is 75.1 Å². The van der Waals surface area contributed by atoms with Crippen molar-refractivity contribution < 1.29 is 4.79 Å². The Morgan fingerprint density at radius 3 is 2.15 bits per heavy atom. The number of hydrogen-bond acceptors (Lipinski definition) is 3. The number of aromatic nitrogens is 1. The van der Waals surface area contributed by atoms with E-state index >= 15 is 0 Å². The van der Waals surface area contributed by atoms with Gasteiger partial charge < -0.3 is 4.57 Å². The van der Waals surface area contributed by atoms with Crippen molar-refractivity contribution in [3.63, 3.8) is 0 Å². The Hall–Kier alpha value is -3.40. The predicted octanol–water partition coefficient (Wildman–Crippen LogP) is 7.63. The molecule has 0 spiro atoms. The SMILES string of the molecule is C=C1c2c(c(C)n(-c3cccc(C)c3)c2C)C=NN1c1ccc(C(C)=O)cc1.CCCCC. The number of aryl methyl sites for hydroxylation is 1. The van der Waals surface area contributed by atoms with Crippen LogP contribution in [0.15, 0.2) is 60.2 Å². The lowest BCUT2D eigenvalue weighted by Crippen LogP contribution is -2.19. The maximum absolute atomic E-state index is 11.5. The molecular formula is C29H35N3O. The number of hydrogen-bond donors (Lipinski definition) is 0. The van der Waals surface area contributed by atoms with Crippen LogP contribution in [-0.4, -0.2) is 16.6 Å². The van der Waals surface area contributed by atoms with Gasteiger partial charge in [-0.1, -0.05) is 51.8 Å². The molecule has 0 fully saturated rings. The number of carbonyl (C=O) groups is 1. The molecule has 0 N–H and O–H groups in total. The number of unbranched alkanes of at least 4 members (excludes halogenated alkanes) is 2. The Bertz CT molecular complexity index is 1180. The monoisotopic (exact) mass is 441 g/mol. The normalized spacial score (nSPS) is 12.3. The minimum Gasteiger partial charge on any atom is -0.317 e. The Balaban J connectivity index is 0.000000555. The van der Waals surface area contributed by atoms with Crippen molar-refractivity contribution in [2.75, 3.05) is 5.01 Å². The summed E-state index contributed by atoms with van der Waals surface area (Å²) in [6.45, 7) is 16.7. The first kappa shape index (κ1) is 24.2. The van der Waals surface area contributed by atoms with Crippen molar-refractivity contribution in [1.29, 1.82) is 0 Å². The quantitative estimate of drug-likeness (QED) is 0.382. The van der Waals surface area contributed by atoms with Crippen molar-refractivity contribution in [3.05, 3.63) is 88.8 Å². The summed E-state index contributed by atoms with van der Waals surface area (Å²) in [5.41, 5.74) is 9.26. The second kappa shape index (κ2) is 10.5. The molecule has 0 amide bonds. The predicted molar refractivity (Wildman–Crippen MR) is 141 cm³/mol. The van der Waals surface area contributed by atoms with Gasteiger partial charge in [0.05, 0.1) is 17.6 Å². The topological polar surface area (TPSA) is 37.6 Å².